The molecule has 5 heteroatoms. The second-order valence-electron chi connectivity index (χ2n) is 5.07. The molecule has 1 unspecified atom stereocenters. The molecular formula is C16H18N4S. The Morgan fingerprint density at radius 2 is 2.14 bits per heavy atom. The lowest BCUT2D eigenvalue weighted by Gasteiger charge is -2.13. The molecule has 1 aromatic carbocycles. The van der Waals surface area contributed by atoms with Crippen molar-refractivity contribution < 1.29 is 0 Å². The molecule has 4 nitrogen and oxygen atoms in total. The molecular weight excluding hydrogens is 280 g/mol. The molecule has 0 bridgehead atoms. The van der Waals surface area contributed by atoms with Crippen LogP contribution in [0.1, 0.15) is 24.1 Å². The Bertz CT molecular complexity index is 766. The fraction of sp³-hybridized carbons (Fsp3) is 0.250. The van der Waals surface area contributed by atoms with Crippen molar-refractivity contribution in [3.05, 3.63) is 47.7 Å². The predicted octanol–water partition coefficient (Wildman–Crippen LogP) is 3.70. The molecule has 2 N–H and O–H groups in total. The Balaban J connectivity index is 1.95. The maximum Gasteiger partial charge on any atom is 0.172 e. The fourth-order valence-electron chi connectivity index (χ4n) is 2.21. The Morgan fingerprint density at radius 3 is 2.95 bits per heavy atom. The minimum absolute atomic E-state index is 0.257. The van der Waals surface area contributed by atoms with Gasteiger partial charge in [0.05, 0.1) is 11.0 Å². The molecule has 2 aromatic heterocycles. The maximum atomic E-state index is 4.62. The molecule has 3 aromatic rings. The molecule has 0 spiro atoms. The van der Waals surface area contributed by atoms with Crippen molar-refractivity contribution in [2.24, 2.45) is 0 Å². The van der Waals surface area contributed by atoms with E-state index in [0.717, 1.165) is 21.2 Å². The quantitative estimate of drug-likeness (QED) is 0.771. The SMILES string of the molecule is CNC(C)c1cccnc1Sc1nc2ccc(C)cc2[nH]1. The van der Waals surface area contributed by atoms with Gasteiger partial charge in [-0.05, 0) is 56.4 Å². The van der Waals surface area contributed by atoms with E-state index in [1.165, 1.54) is 11.1 Å². The summed E-state index contributed by atoms with van der Waals surface area (Å²) in [4.78, 5) is 12.5. The van der Waals surface area contributed by atoms with Crippen molar-refractivity contribution in [1.82, 2.24) is 20.3 Å². The number of hydrogen-bond donors (Lipinski definition) is 2. The number of aromatic amines is 1. The van der Waals surface area contributed by atoms with Crippen LogP contribution in [-0.2, 0) is 0 Å². The number of nitrogens with one attached hydrogen (secondary N) is 2. The molecule has 108 valence electrons. The lowest BCUT2D eigenvalue weighted by atomic mass is 10.1. The molecule has 21 heavy (non-hydrogen) atoms. The number of fused-ring (bicyclic) bond motifs is 1. The second kappa shape index (κ2) is 5.87. The molecule has 0 amide bonds. The summed E-state index contributed by atoms with van der Waals surface area (Å²) >= 11 is 1.57. The average Bonchev–Trinajstić information content (AvgIpc) is 2.88. The van der Waals surface area contributed by atoms with Gasteiger partial charge in [0.2, 0.25) is 0 Å². The second-order valence-corrected chi connectivity index (χ2v) is 6.05. The lowest BCUT2D eigenvalue weighted by Crippen LogP contribution is -2.13. The molecule has 0 saturated carbocycles. The van der Waals surface area contributed by atoms with Gasteiger partial charge in [0, 0.05) is 17.8 Å². The highest BCUT2D eigenvalue weighted by atomic mass is 32.2. The van der Waals surface area contributed by atoms with Gasteiger partial charge in [0.1, 0.15) is 5.03 Å². The van der Waals surface area contributed by atoms with E-state index < -0.39 is 0 Å². The van der Waals surface area contributed by atoms with Gasteiger partial charge < -0.3 is 10.3 Å². The predicted molar refractivity (Wildman–Crippen MR) is 86.7 cm³/mol. The number of aromatic nitrogens is 3. The minimum atomic E-state index is 0.257. The monoisotopic (exact) mass is 298 g/mol. The number of benzene rings is 1. The fourth-order valence-corrected chi connectivity index (χ4v) is 3.18. The van der Waals surface area contributed by atoms with Crippen molar-refractivity contribution in [3.63, 3.8) is 0 Å². The molecule has 0 radical (unpaired) electrons. The van der Waals surface area contributed by atoms with Crippen molar-refractivity contribution in [2.75, 3.05) is 7.05 Å². The summed E-state index contributed by atoms with van der Waals surface area (Å²) in [7, 11) is 1.95. The van der Waals surface area contributed by atoms with Crippen LogP contribution in [0, 0.1) is 6.92 Å². The van der Waals surface area contributed by atoms with Gasteiger partial charge in [-0.15, -0.1) is 0 Å². The third kappa shape index (κ3) is 2.94. The number of H-pyrrole nitrogens is 1. The molecule has 1 atom stereocenters. The zero-order valence-corrected chi connectivity index (χ0v) is 13.2. The Morgan fingerprint density at radius 1 is 1.29 bits per heavy atom. The van der Waals surface area contributed by atoms with Crippen LogP contribution in [-0.4, -0.2) is 22.0 Å². The van der Waals surface area contributed by atoms with Gasteiger partial charge in [0.25, 0.3) is 0 Å². The largest absolute Gasteiger partial charge is 0.333 e. The molecule has 3 rings (SSSR count). The maximum absolute atomic E-state index is 4.62. The first kappa shape index (κ1) is 14.1. The summed E-state index contributed by atoms with van der Waals surface area (Å²) < 4.78 is 0. The number of nitrogens with zero attached hydrogens (tertiary/aromatic N) is 2. The number of rotatable bonds is 4. The molecule has 0 aliphatic rings. The number of pyridine rings is 1. The summed E-state index contributed by atoms with van der Waals surface area (Å²) in [6.07, 6.45) is 1.82. The minimum Gasteiger partial charge on any atom is -0.333 e. The normalized spacial score (nSPS) is 12.7. The first-order valence-electron chi connectivity index (χ1n) is 6.94. The van der Waals surface area contributed by atoms with Gasteiger partial charge in [-0.1, -0.05) is 12.1 Å². The van der Waals surface area contributed by atoms with Crippen LogP contribution >= 0.6 is 11.8 Å². The Kier molecular flexibility index (Phi) is 3.94. The molecule has 0 aliphatic heterocycles. The van der Waals surface area contributed by atoms with Crippen LogP contribution in [0.4, 0.5) is 0 Å². The molecule has 0 fully saturated rings. The van der Waals surface area contributed by atoms with E-state index in [1.54, 1.807) is 11.8 Å². The third-order valence-electron chi connectivity index (χ3n) is 3.51. The van der Waals surface area contributed by atoms with Gasteiger partial charge >= 0.3 is 0 Å². The van der Waals surface area contributed by atoms with E-state index in [4.69, 9.17) is 0 Å². The highest BCUT2D eigenvalue weighted by Crippen LogP contribution is 2.31. The highest BCUT2D eigenvalue weighted by Gasteiger charge is 2.13. The van der Waals surface area contributed by atoms with Crippen LogP contribution in [0.5, 0.6) is 0 Å². The van der Waals surface area contributed by atoms with Crippen molar-refractivity contribution >= 4 is 22.8 Å². The topological polar surface area (TPSA) is 53.6 Å². The number of aryl methyl sites for hydroxylation is 1. The van der Waals surface area contributed by atoms with E-state index >= 15 is 0 Å². The lowest BCUT2D eigenvalue weighted by molar-refractivity contribution is 0.634. The first-order valence-corrected chi connectivity index (χ1v) is 7.75. The van der Waals surface area contributed by atoms with E-state index in [1.807, 2.05) is 25.4 Å². The van der Waals surface area contributed by atoms with Crippen LogP contribution < -0.4 is 5.32 Å². The zero-order chi connectivity index (χ0) is 14.8. The summed E-state index contributed by atoms with van der Waals surface area (Å²) in [6.45, 7) is 4.21. The molecule has 0 saturated heterocycles. The Labute approximate surface area is 128 Å². The summed E-state index contributed by atoms with van der Waals surface area (Å²) in [5.41, 5.74) is 4.46. The van der Waals surface area contributed by atoms with Crippen LogP contribution in [0.3, 0.4) is 0 Å². The zero-order valence-electron chi connectivity index (χ0n) is 12.3. The van der Waals surface area contributed by atoms with E-state index in [-0.39, 0.29) is 6.04 Å². The van der Waals surface area contributed by atoms with Gasteiger partial charge in [-0.25, -0.2) is 9.97 Å². The van der Waals surface area contributed by atoms with Gasteiger partial charge in [-0.2, -0.15) is 0 Å². The van der Waals surface area contributed by atoms with Crippen LogP contribution in [0.15, 0.2) is 46.7 Å². The third-order valence-corrected chi connectivity index (χ3v) is 4.43. The highest BCUT2D eigenvalue weighted by molar-refractivity contribution is 7.99. The van der Waals surface area contributed by atoms with Gasteiger partial charge in [0.15, 0.2) is 5.16 Å². The van der Waals surface area contributed by atoms with Crippen molar-refractivity contribution in [1.29, 1.82) is 0 Å². The van der Waals surface area contributed by atoms with E-state index in [2.05, 4.69) is 52.3 Å². The van der Waals surface area contributed by atoms with Crippen molar-refractivity contribution in [3.8, 4) is 0 Å². The summed E-state index contributed by atoms with van der Waals surface area (Å²) in [5.74, 6) is 0. The molecule has 0 aliphatic carbocycles. The summed E-state index contributed by atoms with van der Waals surface area (Å²) in [6, 6.07) is 10.6. The number of imidazole rings is 1. The summed E-state index contributed by atoms with van der Waals surface area (Å²) in [5, 5.41) is 5.11. The first-order chi connectivity index (χ1) is 10.2. The van der Waals surface area contributed by atoms with Crippen LogP contribution in [0.2, 0.25) is 0 Å². The van der Waals surface area contributed by atoms with E-state index in [9.17, 15) is 0 Å². The number of hydrogen-bond acceptors (Lipinski definition) is 4. The standard InChI is InChI=1S/C16H18N4S/c1-10-6-7-13-14(9-10)20-16(19-13)21-15-12(11(2)17-3)5-4-8-18-15/h4-9,11,17H,1-3H3,(H,19,20). The molecule has 2 heterocycles. The average molecular weight is 298 g/mol. The van der Waals surface area contributed by atoms with Crippen LogP contribution in [0.25, 0.3) is 11.0 Å². The van der Waals surface area contributed by atoms with Gasteiger partial charge in [-0.3, -0.25) is 0 Å². The van der Waals surface area contributed by atoms with Crippen molar-refractivity contribution in [2.45, 2.75) is 30.1 Å². The smallest absolute Gasteiger partial charge is 0.172 e. The van der Waals surface area contributed by atoms with E-state index in [0.29, 0.717) is 0 Å². The Hall–Kier alpha value is -1.85.